The lowest BCUT2D eigenvalue weighted by Crippen LogP contribution is -2.63. The van der Waals surface area contributed by atoms with E-state index in [0.29, 0.717) is 49.7 Å². The molecule has 2 fully saturated rings. The van der Waals surface area contributed by atoms with Gasteiger partial charge < -0.3 is 24.4 Å². The molecule has 2 amide bonds. The second-order valence-corrected chi connectivity index (χ2v) is 8.10. The van der Waals surface area contributed by atoms with Crippen LogP contribution in [0.3, 0.4) is 0 Å². The van der Waals surface area contributed by atoms with Gasteiger partial charge in [0.05, 0.1) is 39.5 Å². The zero-order valence-corrected chi connectivity index (χ0v) is 17.8. The molecule has 164 valence electrons. The maximum absolute atomic E-state index is 13.0. The normalized spacial score (nSPS) is 19.0. The molecule has 0 radical (unpaired) electrons. The van der Waals surface area contributed by atoms with E-state index in [2.05, 4.69) is 10.3 Å². The van der Waals surface area contributed by atoms with Crippen LogP contribution in [-0.2, 0) is 16.1 Å². The zero-order valence-electron chi connectivity index (χ0n) is 17.8. The molecular formula is C23H27N3O5. The third kappa shape index (κ3) is 4.49. The summed E-state index contributed by atoms with van der Waals surface area (Å²) in [6, 6.07) is 9.03. The van der Waals surface area contributed by atoms with Gasteiger partial charge in [-0.2, -0.15) is 0 Å². The number of ether oxygens (including phenoxy) is 3. The van der Waals surface area contributed by atoms with E-state index in [1.54, 1.807) is 42.6 Å². The molecule has 0 saturated carbocycles. The van der Waals surface area contributed by atoms with Crippen molar-refractivity contribution < 1.29 is 23.8 Å². The van der Waals surface area contributed by atoms with Gasteiger partial charge in [0, 0.05) is 25.4 Å². The number of nitrogens with one attached hydrogen (secondary N) is 1. The zero-order chi connectivity index (χ0) is 21.8. The van der Waals surface area contributed by atoms with E-state index >= 15 is 0 Å². The third-order valence-electron chi connectivity index (χ3n) is 5.88. The molecule has 2 saturated heterocycles. The van der Waals surface area contributed by atoms with Gasteiger partial charge in [-0.25, -0.2) is 0 Å². The van der Waals surface area contributed by atoms with Crippen molar-refractivity contribution in [3.8, 4) is 11.5 Å². The van der Waals surface area contributed by atoms with E-state index < -0.39 is 0 Å². The van der Waals surface area contributed by atoms with Gasteiger partial charge in [-0.05, 0) is 42.2 Å². The van der Waals surface area contributed by atoms with Crippen LogP contribution in [0.15, 0.2) is 42.7 Å². The summed E-state index contributed by atoms with van der Waals surface area (Å²) in [5.74, 6) is 1.02. The molecule has 2 aliphatic heterocycles. The lowest BCUT2D eigenvalue weighted by atomic mass is 9.85. The van der Waals surface area contributed by atoms with Crippen molar-refractivity contribution in [2.24, 2.45) is 5.92 Å². The quantitative estimate of drug-likeness (QED) is 0.730. The van der Waals surface area contributed by atoms with Gasteiger partial charge in [0.15, 0.2) is 11.5 Å². The highest BCUT2D eigenvalue weighted by Gasteiger charge is 2.51. The van der Waals surface area contributed by atoms with Crippen LogP contribution in [0.25, 0.3) is 0 Å². The molecule has 8 nitrogen and oxygen atoms in total. The molecule has 31 heavy (non-hydrogen) atoms. The van der Waals surface area contributed by atoms with Crippen molar-refractivity contribution >= 4 is 11.8 Å². The molecule has 1 aromatic heterocycles. The maximum Gasteiger partial charge on any atom is 0.257 e. The van der Waals surface area contributed by atoms with E-state index in [0.717, 1.165) is 12.0 Å². The van der Waals surface area contributed by atoms with Crippen molar-refractivity contribution in [3.05, 3.63) is 53.9 Å². The molecule has 2 aliphatic rings. The molecule has 4 rings (SSSR count). The number of rotatable bonds is 7. The molecular weight excluding hydrogens is 398 g/mol. The molecule has 0 bridgehead atoms. The number of nitrogens with zero attached hydrogens (tertiary/aromatic N) is 2. The van der Waals surface area contributed by atoms with Crippen LogP contribution < -0.4 is 14.8 Å². The number of aromatic nitrogens is 1. The van der Waals surface area contributed by atoms with E-state index in [4.69, 9.17) is 14.2 Å². The first-order chi connectivity index (χ1) is 15.0. The van der Waals surface area contributed by atoms with Crippen LogP contribution in [0, 0.1) is 5.92 Å². The van der Waals surface area contributed by atoms with E-state index in [1.165, 1.54) is 7.11 Å². The van der Waals surface area contributed by atoms with E-state index in [9.17, 15) is 9.59 Å². The standard InChI is InChI=1S/C23H27N3O5/c1-29-19-5-3-4-18(21(19)30-2)22(28)26-14-23(15-26)11-17(13-31-23)10-20(27)25-12-16-6-8-24-9-7-16/h3-9,17H,10-15H2,1-2H3,(H,25,27). The fraction of sp³-hybridized carbons (Fsp3) is 0.435. The Bertz CT molecular complexity index is 943. The van der Waals surface area contributed by atoms with E-state index in [-0.39, 0.29) is 23.3 Å². The number of pyridine rings is 1. The molecule has 2 aromatic rings. The Morgan fingerprint density at radius 2 is 1.97 bits per heavy atom. The fourth-order valence-electron chi connectivity index (χ4n) is 4.34. The monoisotopic (exact) mass is 425 g/mol. The number of amides is 2. The number of methoxy groups -OCH3 is 2. The highest BCUT2D eigenvalue weighted by Crippen LogP contribution is 2.41. The van der Waals surface area contributed by atoms with Crippen LogP contribution in [0.1, 0.15) is 28.8 Å². The Morgan fingerprint density at radius 1 is 1.19 bits per heavy atom. The van der Waals surface area contributed by atoms with Crippen molar-refractivity contribution in [1.82, 2.24) is 15.2 Å². The van der Waals surface area contributed by atoms with Crippen molar-refractivity contribution in [3.63, 3.8) is 0 Å². The predicted molar refractivity (Wildman–Crippen MR) is 113 cm³/mol. The maximum atomic E-state index is 13.0. The van der Waals surface area contributed by atoms with Crippen molar-refractivity contribution in [2.75, 3.05) is 33.9 Å². The molecule has 1 aromatic carbocycles. The smallest absolute Gasteiger partial charge is 0.257 e. The van der Waals surface area contributed by atoms with Crippen LogP contribution >= 0.6 is 0 Å². The lowest BCUT2D eigenvalue weighted by Gasteiger charge is -2.47. The number of hydrogen-bond acceptors (Lipinski definition) is 6. The minimum absolute atomic E-state index is 0.0100. The fourth-order valence-corrected chi connectivity index (χ4v) is 4.34. The summed E-state index contributed by atoms with van der Waals surface area (Å²) >= 11 is 0. The number of para-hydroxylation sites is 1. The number of benzene rings is 1. The van der Waals surface area contributed by atoms with Crippen LogP contribution in [0.5, 0.6) is 11.5 Å². The Labute approximate surface area is 181 Å². The summed E-state index contributed by atoms with van der Waals surface area (Å²) in [6.45, 7) is 2.06. The molecule has 3 heterocycles. The average Bonchev–Trinajstić information content (AvgIpc) is 3.20. The Kier molecular flexibility index (Phi) is 6.08. The highest BCUT2D eigenvalue weighted by molar-refractivity contribution is 5.98. The SMILES string of the molecule is COc1cccc(C(=O)N2CC3(CC(CC(=O)NCc4ccncc4)CO3)C2)c1OC. The minimum Gasteiger partial charge on any atom is -0.493 e. The molecule has 8 heteroatoms. The summed E-state index contributed by atoms with van der Waals surface area (Å²) in [7, 11) is 3.07. The highest BCUT2D eigenvalue weighted by atomic mass is 16.5. The Balaban J connectivity index is 1.28. The van der Waals surface area contributed by atoms with Crippen molar-refractivity contribution in [1.29, 1.82) is 0 Å². The number of carbonyl (C=O) groups excluding carboxylic acids is 2. The molecule has 1 spiro atoms. The molecule has 1 unspecified atom stereocenters. The predicted octanol–water partition coefficient (Wildman–Crippen LogP) is 2.04. The number of likely N-dealkylation sites (tertiary alicyclic amines) is 1. The Hall–Kier alpha value is -3.13. The van der Waals surface area contributed by atoms with Crippen LogP contribution in [0.4, 0.5) is 0 Å². The van der Waals surface area contributed by atoms with Crippen LogP contribution in [0.2, 0.25) is 0 Å². The summed E-state index contributed by atoms with van der Waals surface area (Å²) in [5, 5.41) is 2.95. The van der Waals surface area contributed by atoms with Crippen LogP contribution in [-0.4, -0.2) is 61.2 Å². The summed E-state index contributed by atoms with van der Waals surface area (Å²) in [6.07, 6.45) is 4.61. The minimum atomic E-state index is -0.349. The van der Waals surface area contributed by atoms with Gasteiger partial charge >= 0.3 is 0 Å². The first-order valence-corrected chi connectivity index (χ1v) is 10.3. The second-order valence-electron chi connectivity index (χ2n) is 8.10. The topological polar surface area (TPSA) is 90.0 Å². The van der Waals surface area contributed by atoms with E-state index in [1.807, 2.05) is 12.1 Å². The summed E-state index contributed by atoms with van der Waals surface area (Å²) in [5.41, 5.74) is 1.14. The number of carbonyl (C=O) groups is 2. The van der Waals surface area contributed by atoms with Gasteiger partial charge in [0.1, 0.15) is 5.60 Å². The van der Waals surface area contributed by atoms with Gasteiger partial charge in [-0.1, -0.05) is 6.07 Å². The first-order valence-electron chi connectivity index (χ1n) is 10.3. The Morgan fingerprint density at radius 3 is 2.68 bits per heavy atom. The summed E-state index contributed by atoms with van der Waals surface area (Å²) < 4.78 is 16.7. The molecule has 1 atom stereocenters. The third-order valence-corrected chi connectivity index (χ3v) is 5.88. The van der Waals surface area contributed by atoms with Gasteiger partial charge in [0.25, 0.3) is 5.91 Å². The largest absolute Gasteiger partial charge is 0.493 e. The average molecular weight is 425 g/mol. The second kappa shape index (κ2) is 8.93. The van der Waals surface area contributed by atoms with Crippen molar-refractivity contribution in [2.45, 2.75) is 25.0 Å². The molecule has 0 aliphatic carbocycles. The number of hydrogen-bond donors (Lipinski definition) is 1. The van der Waals surface area contributed by atoms with Gasteiger partial charge in [-0.3, -0.25) is 14.6 Å². The lowest BCUT2D eigenvalue weighted by molar-refractivity contribution is -0.122. The molecule has 1 N–H and O–H groups in total. The summed E-state index contributed by atoms with van der Waals surface area (Å²) in [4.78, 5) is 31.0. The first kappa shape index (κ1) is 21.1. The van der Waals surface area contributed by atoms with Gasteiger partial charge in [-0.15, -0.1) is 0 Å². The van der Waals surface area contributed by atoms with Gasteiger partial charge in [0.2, 0.25) is 5.91 Å².